The maximum Gasteiger partial charge on any atom is 0.322 e. The molecule has 6 nitrogen and oxygen atoms in total. The van der Waals surface area contributed by atoms with E-state index in [1.54, 1.807) is 12.5 Å². The van der Waals surface area contributed by atoms with E-state index < -0.39 is 0 Å². The molecule has 1 aromatic heterocycles. The van der Waals surface area contributed by atoms with E-state index >= 15 is 0 Å². The molecule has 1 amide bonds. The molecule has 1 fully saturated rings. The van der Waals surface area contributed by atoms with Crippen LogP contribution in [0.1, 0.15) is 16.8 Å². The summed E-state index contributed by atoms with van der Waals surface area (Å²) in [5.41, 5.74) is 2.60. The standard InChI is InChI=1S/C21H20N2O4.ClH/c1-26-21(25)19-10-14(11-22-19)23-20(24)18-7-3-5-16-15(4-2-6-17(16)18)13-8-9-27-12-13;/h2-9,12,14,19,22H,10-11H2,1H3,(H,23,24);1H/t14-,19-;/m0./s1. The highest BCUT2D eigenvalue weighted by molar-refractivity contribution is 6.10. The van der Waals surface area contributed by atoms with Crippen molar-refractivity contribution < 1.29 is 18.7 Å². The van der Waals surface area contributed by atoms with Gasteiger partial charge in [0.25, 0.3) is 5.91 Å². The van der Waals surface area contributed by atoms with E-state index in [0.717, 1.165) is 21.9 Å². The van der Waals surface area contributed by atoms with Crippen LogP contribution in [0.15, 0.2) is 59.4 Å². The molecule has 2 atom stereocenters. The molecule has 7 heteroatoms. The third-order valence-corrected chi connectivity index (χ3v) is 4.95. The first-order valence-electron chi connectivity index (χ1n) is 8.84. The zero-order valence-electron chi connectivity index (χ0n) is 15.3. The van der Waals surface area contributed by atoms with Crippen molar-refractivity contribution in [3.63, 3.8) is 0 Å². The molecule has 146 valence electrons. The molecule has 2 N–H and O–H groups in total. The largest absolute Gasteiger partial charge is 0.472 e. The third kappa shape index (κ3) is 3.74. The lowest BCUT2D eigenvalue weighted by Gasteiger charge is -2.14. The summed E-state index contributed by atoms with van der Waals surface area (Å²) in [4.78, 5) is 24.5. The van der Waals surface area contributed by atoms with Gasteiger partial charge in [0.15, 0.2) is 0 Å². The molecule has 4 rings (SSSR count). The molecule has 0 radical (unpaired) electrons. The van der Waals surface area contributed by atoms with Crippen LogP contribution in [0.5, 0.6) is 0 Å². The highest BCUT2D eigenvalue weighted by atomic mass is 35.5. The van der Waals surface area contributed by atoms with Gasteiger partial charge in [-0.2, -0.15) is 0 Å². The van der Waals surface area contributed by atoms with Gasteiger partial charge in [-0.3, -0.25) is 9.59 Å². The Morgan fingerprint density at radius 1 is 1.14 bits per heavy atom. The fourth-order valence-corrected chi connectivity index (χ4v) is 3.61. The van der Waals surface area contributed by atoms with Crippen molar-refractivity contribution in [2.24, 2.45) is 0 Å². The number of nitrogens with one attached hydrogen (secondary N) is 2. The predicted molar refractivity (Wildman–Crippen MR) is 109 cm³/mol. The smallest absolute Gasteiger partial charge is 0.322 e. The summed E-state index contributed by atoms with van der Waals surface area (Å²) in [5, 5.41) is 7.97. The van der Waals surface area contributed by atoms with Crippen molar-refractivity contribution in [2.45, 2.75) is 18.5 Å². The van der Waals surface area contributed by atoms with Gasteiger partial charge < -0.3 is 19.8 Å². The van der Waals surface area contributed by atoms with Gasteiger partial charge in [-0.05, 0) is 34.9 Å². The molecule has 0 unspecified atom stereocenters. The lowest BCUT2D eigenvalue weighted by molar-refractivity contribution is -0.142. The number of carbonyl (C=O) groups is 2. The average molecular weight is 401 g/mol. The van der Waals surface area contributed by atoms with Crippen molar-refractivity contribution in [3.05, 3.63) is 60.6 Å². The lowest BCUT2D eigenvalue weighted by atomic mass is 9.96. The average Bonchev–Trinajstić information content (AvgIpc) is 3.38. The second-order valence-electron chi connectivity index (χ2n) is 6.61. The van der Waals surface area contributed by atoms with E-state index in [-0.39, 0.29) is 36.4 Å². The van der Waals surface area contributed by atoms with Gasteiger partial charge in [0.1, 0.15) is 6.04 Å². The van der Waals surface area contributed by atoms with Crippen LogP contribution in [-0.2, 0) is 9.53 Å². The number of methoxy groups -OCH3 is 1. The van der Waals surface area contributed by atoms with Gasteiger partial charge in [-0.15, -0.1) is 12.4 Å². The number of hydrogen-bond donors (Lipinski definition) is 2. The Labute approximate surface area is 168 Å². The molecule has 3 aromatic rings. The molecule has 1 saturated heterocycles. The van der Waals surface area contributed by atoms with Gasteiger partial charge in [0, 0.05) is 23.7 Å². The van der Waals surface area contributed by atoms with Crippen LogP contribution in [0.25, 0.3) is 21.9 Å². The van der Waals surface area contributed by atoms with Crippen molar-refractivity contribution in [2.75, 3.05) is 13.7 Å². The molecular formula is C21H21ClN2O4. The van der Waals surface area contributed by atoms with E-state index in [1.165, 1.54) is 7.11 Å². The summed E-state index contributed by atoms with van der Waals surface area (Å²) >= 11 is 0. The Bertz CT molecular complexity index is 987. The maximum absolute atomic E-state index is 12.9. The minimum Gasteiger partial charge on any atom is -0.472 e. The summed E-state index contributed by atoms with van der Waals surface area (Å²) in [6.07, 6.45) is 3.84. The molecule has 1 aliphatic heterocycles. The summed E-state index contributed by atoms with van der Waals surface area (Å²) in [7, 11) is 1.36. The molecule has 0 spiro atoms. The summed E-state index contributed by atoms with van der Waals surface area (Å²) in [6.45, 7) is 0.538. The van der Waals surface area contributed by atoms with E-state index in [1.807, 2.05) is 42.5 Å². The van der Waals surface area contributed by atoms with Crippen molar-refractivity contribution in [1.29, 1.82) is 0 Å². The Morgan fingerprint density at radius 3 is 2.68 bits per heavy atom. The van der Waals surface area contributed by atoms with Crippen LogP contribution in [0, 0.1) is 0 Å². The monoisotopic (exact) mass is 400 g/mol. The van der Waals surface area contributed by atoms with E-state index in [4.69, 9.17) is 9.15 Å². The van der Waals surface area contributed by atoms with Crippen molar-refractivity contribution in [1.82, 2.24) is 10.6 Å². The second kappa shape index (κ2) is 8.46. The van der Waals surface area contributed by atoms with Crippen LogP contribution >= 0.6 is 12.4 Å². The van der Waals surface area contributed by atoms with Crippen LogP contribution in [0.3, 0.4) is 0 Å². The fraction of sp³-hybridized carbons (Fsp3) is 0.238. The topological polar surface area (TPSA) is 80.6 Å². The SMILES string of the molecule is COC(=O)[C@@H]1C[C@H](NC(=O)c2cccc3c(-c4ccoc4)cccc23)CN1.Cl. The zero-order valence-corrected chi connectivity index (χ0v) is 16.1. The number of amides is 1. The molecule has 0 aliphatic carbocycles. The van der Waals surface area contributed by atoms with Crippen LogP contribution in [0.2, 0.25) is 0 Å². The Balaban J connectivity index is 0.00000225. The van der Waals surface area contributed by atoms with Gasteiger partial charge in [0.2, 0.25) is 0 Å². The van der Waals surface area contributed by atoms with Crippen LogP contribution in [0.4, 0.5) is 0 Å². The number of carbonyl (C=O) groups excluding carboxylic acids is 2. The van der Waals surface area contributed by atoms with E-state index in [9.17, 15) is 9.59 Å². The highest BCUT2D eigenvalue weighted by Gasteiger charge is 2.31. The number of esters is 1. The molecular weight excluding hydrogens is 380 g/mol. The number of rotatable bonds is 4. The van der Waals surface area contributed by atoms with Gasteiger partial charge in [0.05, 0.1) is 19.6 Å². The number of benzene rings is 2. The molecule has 0 bridgehead atoms. The summed E-state index contributed by atoms with van der Waals surface area (Å²) < 4.78 is 9.96. The first-order chi connectivity index (χ1) is 13.2. The molecule has 2 aromatic carbocycles. The quantitative estimate of drug-likeness (QED) is 0.657. The van der Waals surface area contributed by atoms with Crippen LogP contribution < -0.4 is 10.6 Å². The van der Waals surface area contributed by atoms with Crippen LogP contribution in [-0.4, -0.2) is 37.6 Å². The molecule has 28 heavy (non-hydrogen) atoms. The number of fused-ring (bicyclic) bond motifs is 1. The minimum atomic E-state index is -0.375. The fourth-order valence-electron chi connectivity index (χ4n) is 3.61. The molecule has 0 saturated carbocycles. The molecule has 1 aliphatic rings. The Morgan fingerprint density at radius 2 is 1.93 bits per heavy atom. The van der Waals surface area contributed by atoms with Gasteiger partial charge >= 0.3 is 5.97 Å². The Kier molecular flexibility index (Phi) is 6.02. The maximum atomic E-state index is 12.9. The third-order valence-electron chi connectivity index (χ3n) is 4.95. The first-order valence-corrected chi connectivity index (χ1v) is 8.84. The summed E-state index contributed by atoms with van der Waals surface area (Å²) in [5.74, 6) is -0.455. The highest BCUT2D eigenvalue weighted by Crippen LogP contribution is 2.30. The van der Waals surface area contributed by atoms with Crippen molar-refractivity contribution in [3.8, 4) is 11.1 Å². The normalized spacial score (nSPS) is 18.5. The van der Waals surface area contributed by atoms with Gasteiger partial charge in [-0.1, -0.05) is 30.3 Å². The minimum absolute atomic E-state index is 0. The van der Waals surface area contributed by atoms with E-state index in [2.05, 4.69) is 10.6 Å². The van der Waals surface area contributed by atoms with E-state index in [0.29, 0.717) is 18.5 Å². The summed E-state index contributed by atoms with van der Waals surface area (Å²) in [6, 6.07) is 13.0. The number of furan rings is 1. The Hall–Kier alpha value is -2.83. The first kappa shape index (κ1) is 19.9. The number of ether oxygens (including phenoxy) is 1. The number of halogens is 1. The molecule has 2 heterocycles. The predicted octanol–water partition coefficient (Wildman–Crippen LogP) is 3.15. The second-order valence-corrected chi connectivity index (χ2v) is 6.61. The van der Waals surface area contributed by atoms with Crippen molar-refractivity contribution >= 4 is 35.1 Å². The van der Waals surface area contributed by atoms with Gasteiger partial charge in [-0.25, -0.2) is 0 Å². The number of hydrogen-bond acceptors (Lipinski definition) is 5. The zero-order chi connectivity index (χ0) is 18.8. The lowest BCUT2D eigenvalue weighted by Crippen LogP contribution is -2.36.